The molecule has 0 radical (unpaired) electrons. The number of hydrogen-bond acceptors (Lipinski definition) is 15. The second-order valence-electron chi connectivity index (χ2n) is 8.85. The number of ether oxygens (including phenoxy) is 5. The average molecular weight is 544 g/mol. The third kappa shape index (κ3) is 7.79. The Morgan fingerprint density at radius 2 is 1.28 bits per heavy atom. The summed E-state index contributed by atoms with van der Waals surface area (Å²) in [5.74, 6) is -3.13. The first-order chi connectivity index (χ1) is 15.6. The van der Waals surface area contributed by atoms with Crippen molar-refractivity contribution < 1.29 is 133 Å². The molecule has 0 amide bonds. The maximum atomic E-state index is 10.7. The van der Waals surface area contributed by atoms with Gasteiger partial charge >= 0.3 is 59.1 Å². The summed E-state index contributed by atoms with van der Waals surface area (Å²) in [6, 6.07) is 0. The van der Waals surface area contributed by atoms with E-state index < -0.39 is 98.3 Å². The summed E-state index contributed by atoms with van der Waals surface area (Å²) >= 11 is 0. The third-order valence-electron chi connectivity index (χ3n) is 6.14. The van der Waals surface area contributed by atoms with E-state index in [-0.39, 0.29) is 59.1 Å². The van der Waals surface area contributed by atoms with Gasteiger partial charge in [-0.15, -0.1) is 0 Å². The number of aliphatic hydroxyl groups is 6. The topological polar surface area (TPSA) is 248 Å². The molecule has 0 aromatic carbocycles. The quantitative estimate of drug-likeness (QED) is 0.140. The number of carbonyl (C=O) groups is 2. The maximum Gasteiger partial charge on any atom is 1.00 e. The number of carboxylic acid groups (broad SMARTS) is 2. The first kappa shape index (κ1) is 36.5. The smallest absolute Gasteiger partial charge is 0.548 e. The van der Waals surface area contributed by atoms with Crippen LogP contribution in [0.4, 0.5) is 0 Å². The van der Waals surface area contributed by atoms with Gasteiger partial charge < -0.3 is 74.1 Å². The Morgan fingerprint density at radius 1 is 0.778 bits per heavy atom. The Bertz CT molecular complexity index is 746. The maximum absolute atomic E-state index is 10.7. The molecule has 0 bridgehead atoms. The van der Waals surface area contributed by atoms with Crippen molar-refractivity contribution in [3.63, 3.8) is 0 Å². The summed E-state index contributed by atoms with van der Waals surface area (Å²) in [4.78, 5) is 21.3. The van der Waals surface area contributed by atoms with Crippen LogP contribution in [-0.2, 0) is 33.3 Å². The van der Waals surface area contributed by atoms with E-state index in [1.54, 1.807) is 0 Å². The standard InChI is InChI=1S/C19H32O15.2Na/c1-17(6-30-4-8(20)21)13(27)10(24)11(25)16(33-17)34-19(3)14(28)12(26)15(29)32-18(19,2)7-31-5-9(22)23;;/h10-16,24-29H,4-7H2,1-3H3,(H,20,21)(H,22,23);;/q;2*+1/p-2. The van der Waals surface area contributed by atoms with E-state index in [0.29, 0.717) is 0 Å². The van der Waals surface area contributed by atoms with Crippen molar-refractivity contribution >= 4 is 11.9 Å². The van der Waals surface area contributed by atoms with Gasteiger partial charge in [0, 0.05) is 0 Å². The van der Waals surface area contributed by atoms with Gasteiger partial charge in [-0.3, -0.25) is 0 Å². The van der Waals surface area contributed by atoms with Crippen LogP contribution in [0, 0.1) is 0 Å². The fourth-order valence-electron chi connectivity index (χ4n) is 3.85. The normalized spacial score (nSPS) is 42.6. The fourth-order valence-corrected chi connectivity index (χ4v) is 3.85. The second-order valence-corrected chi connectivity index (χ2v) is 8.85. The summed E-state index contributed by atoms with van der Waals surface area (Å²) < 4.78 is 26.6. The summed E-state index contributed by atoms with van der Waals surface area (Å²) in [7, 11) is 0. The molecule has 2 heterocycles. The summed E-state index contributed by atoms with van der Waals surface area (Å²) in [6.07, 6.45) is -13.2. The van der Waals surface area contributed by atoms with Gasteiger partial charge in [0.25, 0.3) is 0 Å². The summed E-state index contributed by atoms with van der Waals surface area (Å²) in [6.45, 7) is 0.724. The third-order valence-corrected chi connectivity index (χ3v) is 6.14. The molecule has 198 valence electrons. The molecule has 10 unspecified atom stereocenters. The first-order valence-corrected chi connectivity index (χ1v) is 10.2. The van der Waals surface area contributed by atoms with Gasteiger partial charge in [-0.25, -0.2) is 0 Å². The monoisotopic (exact) mass is 544 g/mol. The predicted molar refractivity (Wildman–Crippen MR) is 100.0 cm³/mol. The largest absolute Gasteiger partial charge is 1.00 e. The number of aliphatic hydroxyl groups excluding tert-OH is 6. The fraction of sp³-hybridized carbons (Fsp3) is 0.895. The second kappa shape index (κ2) is 14.2. The van der Waals surface area contributed by atoms with Gasteiger partial charge in [0.15, 0.2) is 12.6 Å². The number of aliphatic carboxylic acids is 2. The molecule has 2 rings (SSSR count). The molecule has 6 N–H and O–H groups in total. The van der Waals surface area contributed by atoms with E-state index in [2.05, 4.69) is 0 Å². The summed E-state index contributed by atoms with van der Waals surface area (Å²) in [5, 5.41) is 83.4. The minimum atomic E-state index is -2.09. The van der Waals surface area contributed by atoms with Crippen LogP contribution in [0.15, 0.2) is 0 Å². The number of rotatable bonds is 10. The van der Waals surface area contributed by atoms with Crippen LogP contribution < -0.4 is 69.3 Å². The van der Waals surface area contributed by atoms with Gasteiger partial charge in [-0.2, -0.15) is 0 Å². The van der Waals surface area contributed by atoms with Gasteiger partial charge in [0.05, 0.1) is 38.4 Å². The van der Waals surface area contributed by atoms with Gasteiger partial charge in [-0.1, -0.05) is 0 Å². The Labute approximate surface area is 250 Å². The van der Waals surface area contributed by atoms with Gasteiger partial charge in [0.2, 0.25) is 0 Å². The molecular weight excluding hydrogens is 514 g/mol. The van der Waals surface area contributed by atoms with Crippen LogP contribution in [0.2, 0.25) is 0 Å². The Hall–Kier alpha value is 0.500. The van der Waals surface area contributed by atoms with Crippen LogP contribution in [0.5, 0.6) is 0 Å². The number of carboxylic acids is 2. The van der Waals surface area contributed by atoms with Crippen LogP contribution in [0.25, 0.3) is 0 Å². The minimum Gasteiger partial charge on any atom is -0.548 e. The Kier molecular flexibility index (Phi) is 14.4. The van der Waals surface area contributed by atoms with Crippen LogP contribution in [0.3, 0.4) is 0 Å². The van der Waals surface area contributed by atoms with Crippen molar-refractivity contribution in [2.45, 2.75) is 80.7 Å². The molecule has 2 aliphatic heterocycles. The minimum absolute atomic E-state index is 0. The molecule has 36 heavy (non-hydrogen) atoms. The molecule has 0 aromatic heterocycles. The molecule has 2 saturated heterocycles. The van der Waals surface area contributed by atoms with Crippen LogP contribution in [-0.4, -0.2) is 129 Å². The first-order valence-electron chi connectivity index (χ1n) is 10.2. The molecule has 10 atom stereocenters. The Morgan fingerprint density at radius 3 is 1.78 bits per heavy atom. The molecule has 0 spiro atoms. The van der Waals surface area contributed by atoms with Crippen molar-refractivity contribution in [2.75, 3.05) is 26.4 Å². The van der Waals surface area contributed by atoms with Crippen LogP contribution >= 0.6 is 0 Å². The zero-order valence-electron chi connectivity index (χ0n) is 20.7. The number of carbonyl (C=O) groups excluding carboxylic acids is 2. The van der Waals surface area contributed by atoms with E-state index in [1.807, 2.05) is 0 Å². The zero-order valence-corrected chi connectivity index (χ0v) is 24.7. The SMILES string of the molecule is CC1(COCC(=O)[O-])OC(OC2(C)C(O)C(O)C(O)OC2(C)COCC(=O)[O-])C(O)C(O)C1O.[Na+].[Na+]. The van der Waals surface area contributed by atoms with E-state index in [1.165, 1.54) is 20.8 Å². The van der Waals surface area contributed by atoms with Crippen molar-refractivity contribution in [2.24, 2.45) is 0 Å². The Balaban J connectivity index is 0.00000612. The summed E-state index contributed by atoms with van der Waals surface area (Å²) in [5.41, 5.74) is -5.78. The van der Waals surface area contributed by atoms with Crippen molar-refractivity contribution in [1.29, 1.82) is 0 Å². The van der Waals surface area contributed by atoms with Crippen molar-refractivity contribution in [1.82, 2.24) is 0 Å². The molecule has 17 heteroatoms. The molecule has 0 saturated carbocycles. The molecule has 2 aliphatic rings. The van der Waals surface area contributed by atoms with Crippen molar-refractivity contribution in [3.05, 3.63) is 0 Å². The predicted octanol–water partition coefficient (Wildman–Crippen LogP) is -12.7. The van der Waals surface area contributed by atoms with E-state index in [4.69, 9.17) is 23.7 Å². The van der Waals surface area contributed by atoms with Gasteiger partial charge in [0.1, 0.15) is 47.3 Å². The van der Waals surface area contributed by atoms with E-state index >= 15 is 0 Å². The van der Waals surface area contributed by atoms with Crippen LogP contribution in [0.1, 0.15) is 20.8 Å². The number of hydrogen-bond donors (Lipinski definition) is 6. The van der Waals surface area contributed by atoms with E-state index in [9.17, 15) is 50.4 Å². The zero-order chi connectivity index (χ0) is 26.1. The van der Waals surface area contributed by atoms with E-state index in [0.717, 1.165) is 0 Å². The molecule has 2 fully saturated rings. The van der Waals surface area contributed by atoms with Crippen molar-refractivity contribution in [3.8, 4) is 0 Å². The van der Waals surface area contributed by atoms with Gasteiger partial charge in [-0.05, 0) is 20.8 Å². The molecule has 0 aliphatic carbocycles. The average Bonchev–Trinajstić information content (AvgIpc) is 2.73. The molecule has 15 nitrogen and oxygen atoms in total. The molecular formula is C19H30Na2O15. The molecule has 0 aromatic rings.